The Bertz CT molecular complexity index is 1040. The average molecular weight is 431 g/mol. The lowest BCUT2D eigenvalue weighted by atomic mass is 10.3. The van der Waals surface area contributed by atoms with E-state index in [-0.39, 0.29) is 11.3 Å². The number of aromatic nitrogens is 5. The third-order valence-electron chi connectivity index (χ3n) is 4.20. The maximum atomic E-state index is 13.6. The van der Waals surface area contributed by atoms with Gasteiger partial charge in [-0.1, -0.05) is 11.6 Å². The summed E-state index contributed by atoms with van der Waals surface area (Å²) >= 11 is 11.2. The van der Waals surface area contributed by atoms with Crippen molar-refractivity contribution < 1.29 is 13.6 Å². The van der Waals surface area contributed by atoms with Gasteiger partial charge in [0, 0.05) is 24.8 Å². The first-order chi connectivity index (χ1) is 13.1. The average Bonchev–Trinajstić information content (AvgIpc) is 3.13. The van der Waals surface area contributed by atoms with Gasteiger partial charge in [-0.2, -0.15) is 19.0 Å². The molecule has 150 valence electrons. The largest absolute Gasteiger partial charge is 0.364 e. The van der Waals surface area contributed by atoms with Crippen LogP contribution in [0.5, 0.6) is 0 Å². The van der Waals surface area contributed by atoms with Crippen molar-refractivity contribution in [3.63, 3.8) is 0 Å². The molecular formula is C17H18Cl2F2N6O. The molecule has 3 aromatic heterocycles. The van der Waals surface area contributed by atoms with Crippen LogP contribution in [0.2, 0.25) is 5.02 Å². The smallest absolute Gasteiger partial charge is 0.351 e. The molecule has 0 aliphatic rings. The molecule has 28 heavy (non-hydrogen) atoms. The Hall–Kier alpha value is -2.26. The van der Waals surface area contributed by atoms with E-state index in [4.69, 9.17) is 23.2 Å². The standard InChI is InChI=1S/C17H18Cl2F2N6O/c1-9-7-13(17(19,20)21)27-14(23-9)8-12(25-27)16(28)22-5-4-6-26-11(3)15(18)10(2)24-26/h7-8H,4-6H2,1-3H3,(H,22,28). The van der Waals surface area contributed by atoms with Gasteiger partial charge in [-0.25, -0.2) is 9.50 Å². The van der Waals surface area contributed by atoms with Crippen molar-refractivity contribution in [2.75, 3.05) is 6.54 Å². The first-order valence-electron chi connectivity index (χ1n) is 8.50. The lowest BCUT2D eigenvalue weighted by Crippen LogP contribution is -2.26. The molecule has 0 spiro atoms. The quantitative estimate of drug-likeness (QED) is 0.478. The van der Waals surface area contributed by atoms with Gasteiger partial charge in [0.15, 0.2) is 11.3 Å². The highest BCUT2D eigenvalue weighted by Crippen LogP contribution is 2.32. The number of alkyl halides is 3. The molecule has 0 saturated heterocycles. The van der Waals surface area contributed by atoms with Crippen molar-refractivity contribution in [1.29, 1.82) is 0 Å². The summed E-state index contributed by atoms with van der Waals surface area (Å²) in [6.07, 6.45) is 0.611. The molecule has 0 aromatic carbocycles. The second-order valence-electron chi connectivity index (χ2n) is 6.40. The van der Waals surface area contributed by atoms with E-state index in [0.29, 0.717) is 30.2 Å². The number of carbonyl (C=O) groups is 1. The zero-order valence-corrected chi connectivity index (χ0v) is 16.9. The monoisotopic (exact) mass is 430 g/mol. The first kappa shape index (κ1) is 20.5. The number of nitrogens with zero attached hydrogens (tertiary/aromatic N) is 5. The number of fused-ring (bicyclic) bond motifs is 1. The van der Waals surface area contributed by atoms with Crippen molar-refractivity contribution in [2.45, 2.75) is 39.1 Å². The number of hydrogen-bond acceptors (Lipinski definition) is 4. The second-order valence-corrected chi connectivity index (χ2v) is 7.25. The van der Waals surface area contributed by atoms with Gasteiger partial charge < -0.3 is 5.32 Å². The predicted molar refractivity (Wildman–Crippen MR) is 101 cm³/mol. The topological polar surface area (TPSA) is 77.1 Å². The van der Waals surface area contributed by atoms with E-state index in [2.05, 4.69) is 20.5 Å². The number of hydrogen-bond donors (Lipinski definition) is 1. The molecule has 1 amide bonds. The fraction of sp³-hybridized carbons (Fsp3) is 0.412. The van der Waals surface area contributed by atoms with Crippen molar-refractivity contribution in [3.05, 3.63) is 45.6 Å². The maximum Gasteiger partial charge on any atom is 0.364 e. The third-order valence-corrected chi connectivity index (χ3v) is 4.94. The highest BCUT2D eigenvalue weighted by atomic mass is 35.5. The molecule has 3 aromatic rings. The summed E-state index contributed by atoms with van der Waals surface area (Å²) in [6.45, 7) is 6.19. The molecule has 1 N–H and O–H groups in total. The normalized spacial score (nSPS) is 12.0. The van der Waals surface area contributed by atoms with Gasteiger partial charge >= 0.3 is 5.38 Å². The summed E-state index contributed by atoms with van der Waals surface area (Å²) in [4.78, 5) is 16.4. The summed E-state index contributed by atoms with van der Waals surface area (Å²) in [5.74, 6) is -0.488. The van der Waals surface area contributed by atoms with Crippen LogP contribution in [-0.4, -0.2) is 36.8 Å². The van der Waals surface area contributed by atoms with E-state index in [0.717, 1.165) is 22.0 Å². The van der Waals surface area contributed by atoms with Crippen LogP contribution in [0.3, 0.4) is 0 Å². The Kier molecular flexibility index (Phi) is 5.58. The molecule has 11 heteroatoms. The van der Waals surface area contributed by atoms with Gasteiger partial charge in [-0.15, -0.1) is 0 Å². The van der Waals surface area contributed by atoms with Crippen molar-refractivity contribution in [1.82, 2.24) is 29.7 Å². The molecule has 0 radical (unpaired) electrons. The third kappa shape index (κ3) is 4.10. The van der Waals surface area contributed by atoms with Gasteiger partial charge in [0.25, 0.3) is 5.91 Å². The van der Waals surface area contributed by atoms with Gasteiger partial charge in [-0.3, -0.25) is 9.48 Å². The van der Waals surface area contributed by atoms with Crippen LogP contribution in [0.4, 0.5) is 8.78 Å². The zero-order valence-electron chi connectivity index (χ0n) is 15.4. The maximum absolute atomic E-state index is 13.6. The van der Waals surface area contributed by atoms with Crippen LogP contribution in [-0.2, 0) is 11.9 Å². The molecule has 0 unspecified atom stereocenters. The molecule has 3 rings (SSSR count). The Morgan fingerprint density at radius 1 is 1.25 bits per heavy atom. The van der Waals surface area contributed by atoms with E-state index in [1.807, 2.05) is 13.8 Å². The van der Waals surface area contributed by atoms with Crippen LogP contribution in [0.15, 0.2) is 12.1 Å². The summed E-state index contributed by atoms with van der Waals surface area (Å²) in [7, 11) is 0. The minimum absolute atomic E-state index is 0.0191. The molecule has 0 fully saturated rings. The summed E-state index contributed by atoms with van der Waals surface area (Å²) in [5.41, 5.74) is 1.52. The Labute approximate surface area is 169 Å². The fourth-order valence-electron chi connectivity index (χ4n) is 2.83. The number of carbonyl (C=O) groups excluding carboxylic acids is 1. The first-order valence-corrected chi connectivity index (χ1v) is 9.26. The number of halogens is 4. The number of aryl methyl sites for hydroxylation is 3. The van der Waals surface area contributed by atoms with Gasteiger partial charge in [0.05, 0.1) is 16.4 Å². The Morgan fingerprint density at radius 3 is 2.57 bits per heavy atom. The minimum atomic E-state index is -3.63. The van der Waals surface area contributed by atoms with E-state index >= 15 is 0 Å². The van der Waals surface area contributed by atoms with E-state index < -0.39 is 17.0 Å². The van der Waals surface area contributed by atoms with Crippen LogP contribution in [0.1, 0.15) is 39.7 Å². The number of nitrogens with one attached hydrogen (secondary N) is 1. The molecule has 0 aliphatic heterocycles. The molecule has 7 nitrogen and oxygen atoms in total. The highest BCUT2D eigenvalue weighted by molar-refractivity contribution is 6.31. The van der Waals surface area contributed by atoms with E-state index in [1.165, 1.54) is 6.07 Å². The molecule has 0 atom stereocenters. The lowest BCUT2D eigenvalue weighted by molar-refractivity contribution is 0.0864. The zero-order chi connectivity index (χ0) is 20.6. The van der Waals surface area contributed by atoms with Crippen LogP contribution in [0.25, 0.3) is 5.65 Å². The predicted octanol–water partition coefficient (Wildman–Crippen LogP) is 3.61. The molecule has 0 aliphatic carbocycles. The highest BCUT2D eigenvalue weighted by Gasteiger charge is 2.32. The molecular weight excluding hydrogens is 413 g/mol. The minimum Gasteiger partial charge on any atom is -0.351 e. The van der Waals surface area contributed by atoms with Crippen LogP contribution < -0.4 is 5.32 Å². The summed E-state index contributed by atoms with van der Waals surface area (Å²) < 4.78 is 29.9. The van der Waals surface area contributed by atoms with Crippen molar-refractivity contribution in [2.24, 2.45) is 0 Å². The summed E-state index contributed by atoms with van der Waals surface area (Å²) in [6, 6.07) is 2.48. The lowest BCUT2D eigenvalue weighted by Gasteiger charge is -2.10. The fourth-order valence-corrected chi connectivity index (χ4v) is 3.10. The van der Waals surface area contributed by atoms with Crippen LogP contribution in [0, 0.1) is 20.8 Å². The Morgan fingerprint density at radius 2 is 1.96 bits per heavy atom. The SMILES string of the molecule is Cc1cc(C(F)(F)Cl)n2nc(C(=O)NCCCn3nc(C)c(Cl)c3C)cc2n1. The number of amides is 1. The van der Waals surface area contributed by atoms with Crippen LogP contribution >= 0.6 is 23.2 Å². The molecule has 0 bridgehead atoms. The number of rotatable bonds is 6. The second kappa shape index (κ2) is 7.63. The van der Waals surface area contributed by atoms with Gasteiger partial charge in [-0.05, 0) is 44.9 Å². The van der Waals surface area contributed by atoms with Crippen molar-refractivity contribution >= 4 is 34.8 Å². The van der Waals surface area contributed by atoms with Gasteiger partial charge in [0.1, 0.15) is 5.69 Å². The summed E-state index contributed by atoms with van der Waals surface area (Å²) in [5, 5.41) is 7.95. The van der Waals surface area contributed by atoms with E-state index in [9.17, 15) is 13.6 Å². The van der Waals surface area contributed by atoms with E-state index in [1.54, 1.807) is 11.6 Å². The Balaban J connectivity index is 1.67. The molecule has 0 saturated carbocycles. The van der Waals surface area contributed by atoms with Crippen molar-refractivity contribution in [3.8, 4) is 0 Å². The van der Waals surface area contributed by atoms with Gasteiger partial charge in [0.2, 0.25) is 0 Å². The molecule has 3 heterocycles.